The minimum atomic E-state index is 0.0435. The van der Waals surface area contributed by atoms with E-state index >= 15 is 0 Å². The lowest BCUT2D eigenvalue weighted by Gasteiger charge is -2.15. The Balaban J connectivity index is 1.62. The highest BCUT2D eigenvalue weighted by molar-refractivity contribution is 6.10. The Hall–Kier alpha value is -3.27. The first kappa shape index (κ1) is 14.3. The molecule has 1 aliphatic heterocycles. The molecule has 1 heterocycles. The van der Waals surface area contributed by atoms with Crippen molar-refractivity contribution < 1.29 is 4.79 Å². The summed E-state index contributed by atoms with van der Waals surface area (Å²) in [5, 5.41) is 3.32. The highest BCUT2D eigenvalue weighted by Gasteiger charge is 2.28. The van der Waals surface area contributed by atoms with Crippen LogP contribution in [-0.2, 0) is 6.54 Å². The predicted octanol–water partition coefficient (Wildman–Crippen LogP) is 4.17. The Kier molecular flexibility index (Phi) is 3.43. The number of nitrogen functional groups attached to an aromatic ring is 1. The first-order chi connectivity index (χ1) is 11.7. The van der Waals surface area contributed by atoms with Gasteiger partial charge in [0.1, 0.15) is 0 Å². The molecule has 0 atom stereocenters. The molecule has 1 aliphatic rings. The highest BCUT2D eigenvalue weighted by Crippen LogP contribution is 2.31. The molecule has 24 heavy (non-hydrogen) atoms. The molecule has 1 amide bonds. The van der Waals surface area contributed by atoms with E-state index in [0.29, 0.717) is 12.2 Å². The van der Waals surface area contributed by atoms with Crippen LogP contribution >= 0.6 is 0 Å². The Bertz CT molecular complexity index is 906. The second-order valence-corrected chi connectivity index (χ2v) is 5.81. The van der Waals surface area contributed by atoms with Gasteiger partial charge in [0.25, 0.3) is 5.91 Å². The summed E-state index contributed by atoms with van der Waals surface area (Å²) in [7, 11) is 0. The van der Waals surface area contributed by atoms with Crippen LogP contribution in [-0.4, -0.2) is 5.91 Å². The van der Waals surface area contributed by atoms with E-state index < -0.39 is 0 Å². The molecule has 0 aliphatic carbocycles. The number of fused-ring (bicyclic) bond motifs is 1. The Morgan fingerprint density at radius 2 is 1.67 bits per heavy atom. The third-order valence-corrected chi connectivity index (χ3v) is 4.22. The number of hydrogen-bond donors (Lipinski definition) is 2. The SMILES string of the molecule is Nc1ccccc1Nc1ccc2c(c1)CN(c1ccccc1)C2=O. The van der Waals surface area contributed by atoms with Gasteiger partial charge < -0.3 is 16.0 Å². The van der Waals surface area contributed by atoms with E-state index in [9.17, 15) is 4.79 Å². The number of nitrogens with zero attached hydrogens (tertiary/aromatic N) is 1. The zero-order chi connectivity index (χ0) is 16.5. The highest BCUT2D eigenvalue weighted by atomic mass is 16.2. The van der Waals surface area contributed by atoms with Gasteiger partial charge in [0.2, 0.25) is 0 Å². The molecule has 0 bridgehead atoms. The van der Waals surface area contributed by atoms with E-state index in [4.69, 9.17) is 5.73 Å². The standard InChI is InChI=1S/C20H17N3O/c21-18-8-4-5-9-19(18)22-15-10-11-17-14(12-15)13-23(20(17)24)16-6-2-1-3-7-16/h1-12,22H,13,21H2. The number of anilines is 4. The fourth-order valence-electron chi connectivity index (χ4n) is 2.98. The first-order valence-corrected chi connectivity index (χ1v) is 7.84. The van der Waals surface area contributed by atoms with Crippen molar-refractivity contribution in [3.8, 4) is 0 Å². The van der Waals surface area contributed by atoms with Gasteiger partial charge in [-0.3, -0.25) is 4.79 Å². The lowest BCUT2D eigenvalue weighted by atomic mass is 10.1. The van der Waals surface area contributed by atoms with E-state index in [1.807, 2.05) is 72.8 Å². The van der Waals surface area contributed by atoms with Gasteiger partial charge in [-0.2, -0.15) is 0 Å². The molecule has 0 aromatic heterocycles. The predicted molar refractivity (Wildman–Crippen MR) is 97.5 cm³/mol. The number of nitrogens with one attached hydrogen (secondary N) is 1. The van der Waals surface area contributed by atoms with Crippen molar-refractivity contribution in [2.75, 3.05) is 16.0 Å². The molecule has 0 saturated carbocycles. The topological polar surface area (TPSA) is 58.4 Å². The van der Waals surface area contributed by atoms with Gasteiger partial charge in [0, 0.05) is 16.9 Å². The average Bonchev–Trinajstić information content (AvgIpc) is 2.94. The first-order valence-electron chi connectivity index (χ1n) is 7.84. The molecular formula is C20H17N3O. The van der Waals surface area contributed by atoms with E-state index in [0.717, 1.165) is 28.2 Å². The maximum atomic E-state index is 12.6. The largest absolute Gasteiger partial charge is 0.397 e. The average molecular weight is 315 g/mol. The zero-order valence-corrected chi connectivity index (χ0v) is 13.1. The van der Waals surface area contributed by atoms with E-state index in [1.165, 1.54) is 0 Å². The third kappa shape index (κ3) is 2.48. The van der Waals surface area contributed by atoms with Gasteiger partial charge in [-0.05, 0) is 48.0 Å². The molecular weight excluding hydrogens is 298 g/mol. The van der Waals surface area contributed by atoms with Crippen LogP contribution in [0.3, 0.4) is 0 Å². The van der Waals surface area contributed by atoms with Crippen molar-refractivity contribution in [2.45, 2.75) is 6.54 Å². The normalized spacial score (nSPS) is 13.0. The summed E-state index contributed by atoms with van der Waals surface area (Å²) in [5.74, 6) is 0.0435. The van der Waals surface area contributed by atoms with Crippen LogP contribution in [0.15, 0.2) is 72.8 Å². The number of benzene rings is 3. The molecule has 0 unspecified atom stereocenters. The maximum Gasteiger partial charge on any atom is 0.258 e. The summed E-state index contributed by atoms with van der Waals surface area (Å²) in [6.45, 7) is 0.581. The summed E-state index contributed by atoms with van der Waals surface area (Å²) < 4.78 is 0. The second kappa shape index (κ2) is 5.74. The molecule has 4 nitrogen and oxygen atoms in total. The molecule has 4 heteroatoms. The van der Waals surface area contributed by atoms with E-state index in [1.54, 1.807) is 4.90 Å². The van der Waals surface area contributed by atoms with Crippen LogP contribution in [0.4, 0.5) is 22.7 Å². The van der Waals surface area contributed by atoms with Gasteiger partial charge >= 0.3 is 0 Å². The number of hydrogen-bond acceptors (Lipinski definition) is 3. The maximum absolute atomic E-state index is 12.6. The van der Waals surface area contributed by atoms with Gasteiger partial charge in [-0.15, -0.1) is 0 Å². The Labute approximate surface area is 140 Å². The minimum absolute atomic E-state index is 0.0435. The minimum Gasteiger partial charge on any atom is -0.397 e. The van der Waals surface area contributed by atoms with Crippen LogP contribution in [0.1, 0.15) is 15.9 Å². The smallest absolute Gasteiger partial charge is 0.258 e. The third-order valence-electron chi connectivity index (χ3n) is 4.22. The summed E-state index contributed by atoms with van der Waals surface area (Å²) in [6.07, 6.45) is 0. The second-order valence-electron chi connectivity index (χ2n) is 5.81. The Morgan fingerprint density at radius 1 is 0.917 bits per heavy atom. The zero-order valence-electron chi connectivity index (χ0n) is 13.1. The molecule has 0 spiro atoms. The van der Waals surface area contributed by atoms with Crippen molar-refractivity contribution in [2.24, 2.45) is 0 Å². The molecule has 4 rings (SSSR count). The van der Waals surface area contributed by atoms with Gasteiger partial charge in [-0.1, -0.05) is 30.3 Å². The van der Waals surface area contributed by atoms with Crippen LogP contribution in [0.2, 0.25) is 0 Å². The quantitative estimate of drug-likeness (QED) is 0.713. The molecule has 118 valence electrons. The van der Waals surface area contributed by atoms with Gasteiger partial charge in [0.05, 0.1) is 17.9 Å². The summed E-state index contributed by atoms with van der Waals surface area (Å²) >= 11 is 0. The molecule has 0 radical (unpaired) electrons. The van der Waals surface area contributed by atoms with Crippen LogP contribution in [0.5, 0.6) is 0 Å². The number of carbonyl (C=O) groups is 1. The van der Waals surface area contributed by atoms with Crippen LogP contribution in [0.25, 0.3) is 0 Å². The fraction of sp³-hybridized carbons (Fsp3) is 0.0500. The molecule has 0 saturated heterocycles. The van der Waals surface area contributed by atoms with Crippen molar-refractivity contribution in [3.63, 3.8) is 0 Å². The van der Waals surface area contributed by atoms with Crippen LogP contribution < -0.4 is 16.0 Å². The number of carbonyl (C=O) groups excluding carboxylic acids is 1. The lowest BCUT2D eigenvalue weighted by molar-refractivity contribution is 0.0996. The number of para-hydroxylation sites is 3. The molecule has 3 N–H and O–H groups in total. The van der Waals surface area contributed by atoms with Crippen molar-refractivity contribution in [1.29, 1.82) is 0 Å². The number of nitrogens with two attached hydrogens (primary N) is 1. The van der Waals surface area contributed by atoms with Gasteiger partial charge in [0.15, 0.2) is 0 Å². The molecule has 0 fully saturated rings. The summed E-state index contributed by atoms with van der Waals surface area (Å²) in [6, 6.07) is 23.2. The van der Waals surface area contributed by atoms with Crippen molar-refractivity contribution in [1.82, 2.24) is 0 Å². The van der Waals surface area contributed by atoms with Gasteiger partial charge in [-0.25, -0.2) is 0 Å². The molecule has 3 aromatic rings. The summed E-state index contributed by atoms with van der Waals surface area (Å²) in [5.41, 5.74) is 11.1. The summed E-state index contributed by atoms with van der Waals surface area (Å²) in [4.78, 5) is 14.4. The number of rotatable bonds is 3. The Morgan fingerprint density at radius 3 is 2.46 bits per heavy atom. The monoisotopic (exact) mass is 315 g/mol. The lowest BCUT2D eigenvalue weighted by Crippen LogP contribution is -2.22. The van der Waals surface area contributed by atoms with Crippen LogP contribution in [0, 0.1) is 0 Å². The van der Waals surface area contributed by atoms with Crippen molar-refractivity contribution >= 4 is 28.7 Å². The molecule has 3 aromatic carbocycles. The van der Waals surface area contributed by atoms with E-state index in [2.05, 4.69) is 5.32 Å². The van der Waals surface area contributed by atoms with E-state index in [-0.39, 0.29) is 5.91 Å². The fourth-order valence-corrected chi connectivity index (χ4v) is 2.98. The van der Waals surface area contributed by atoms with Crippen molar-refractivity contribution in [3.05, 3.63) is 83.9 Å². The number of amides is 1.